The van der Waals surface area contributed by atoms with E-state index in [1.165, 1.54) is 0 Å². The molecule has 1 saturated heterocycles. The summed E-state index contributed by atoms with van der Waals surface area (Å²) in [4.78, 5) is 18.4. The molecule has 0 aliphatic carbocycles. The van der Waals surface area contributed by atoms with Crippen LogP contribution in [0.1, 0.15) is 52.0 Å². The zero-order chi connectivity index (χ0) is 16.9. The normalized spacial score (nSPS) is 18.6. The number of likely N-dealkylation sites (tertiary alicyclic amines) is 1. The van der Waals surface area contributed by atoms with Gasteiger partial charge in [0.2, 0.25) is 5.88 Å². The molecule has 0 unspecified atom stereocenters. The number of aryl methyl sites for hydroxylation is 1. The van der Waals surface area contributed by atoms with E-state index in [1.807, 2.05) is 44.7 Å². The Morgan fingerprint density at radius 3 is 2.87 bits per heavy atom. The molecule has 1 aliphatic heterocycles. The Morgan fingerprint density at radius 1 is 1.39 bits per heavy atom. The molecular weight excluding hydrogens is 292 g/mol. The molecule has 23 heavy (non-hydrogen) atoms. The number of hydrogen-bond donors (Lipinski definition) is 0. The molecule has 2 rings (SSSR count). The third-order valence-electron chi connectivity index (χ3n) is 3.85. The summed E-state index contributed by atoms with van der Waals surface area (Å²) in [5.41, 5.74) is 0.671. The van der Waals surface area contributed by atoms with Gasteiger partial charge in [-0.15, -0.1) is 0 Å². The minimum absolute atomic E-state index is 0.184. The molecule has 5 nitrogen and oxygen atoms in total. The molecule has 0 saturated carbocycles. The Labute approximate surface area is 139 Å². The number of nitrogens with zero attached hydrogens (tertiary/aromatic N) is 2. The van der Waals surface area contributed by atoms with E-state index in [-0.39, 0.29) is 12.1 Å². The number of rotatable bonds is 4. The number of hydrogen-bond acceptors (Lipinski definition) is 4. The zero-order valence-corrected chi connectivity index (χ0v) is 14.7. The lowest BCUT2D eigenvalue weighted by Gasteiger charge is -2.36. The molecule has 1 amide bonds. The molecule has 0 spiro atoms. The third-order valence-corrected chi connectivity index (χ3v) is 3.85. The van der Waals surface area contributed by atoms with Crippen molar-refractivity contribution in [3.05, 3.63) is 23.9 Å². The van der Waals surface area contributed by atoms with Gasteiger partial charge in [0.25, 0.3) is 0 Å². The van der Waals surface area contributed by atoms with Crippen molar-refractivity contribution < 1.29 is 14.3 Å². The first-order chi connectivity index (χ1) is 10.8. The van der Waals surface area contributed by atoms with Gasteiger partial charge in [-0.1, -0.05) is 0 Å². The van der Waals surface area contributed by atoms with Gasteiger partial charge in [0, 0.05) is 31.3 Å². The summed E-state index contributed by atoms with van der Waals surface area (Å²) in [7, 11) is 0. The van der Waals surface area contributed by atoms with E-state index in [2.05, 4.69) is 4.98 Å². The maximum Gasteiger partial charge on any atom is 0.410 e. The molecular formula is C18H28N2O3. The molecule has 1 aromatic rings. The van der Waals surface area contributed by atoms with E-state index >= 15 is 0 Å². The minimum atomic E-state index is -0.457. The van der Waals surface area contributed by atoms with Crippen LogP contribution in [0.25, 0.3) is 0 Å². The summed E-state index contributed by atoms with van der Waals surface area (Å²) in [5, 5.41) is 0. The van der Waals surface area contributed by atoms with Crippen LogP contribution >= 0.6 is 0 Å². The van der Waals surface area contributed by atoms with E-state index in [9.17, 15) is 4.79 Å². The molecule has 1 atom stereocenters. The predicted octanol–water partition coefficient (Wildman–Crippen LogP) is 3.95. The van der Waals surface area contributed by atoms with Crippen LogP contribution in [-0.4, -0.2) is 40.8 Å². The number of amides is 1. The second-order valence-corrected chi connectivity index (χ2v) is 7.13. The van der Waals surface area contributed by atoms with Gasteiger partial charge in [0.1, 0.15) is 5.60 Å². The van der Waals surface area contributed by atoms with Gasteiger partial charge in [-0.3, -0.25) is 0 Å². The lowest BCUT2D eigenvalue weighted by atomic mass is 10.0. The highest BCUT2D eigenvalue weighted by Gasteiger charge is 2.30. The lowest BCUT2D eigenvalue weighted by molar-refractivity contribution is 0.00738. The van der Waals surface area contributed by atoms with Crippen LogP contribution in [0.3, 0.4) is 0 Å². The SMILES string of the molecule is Cc1ccnc(OCC[C@H]2CCCCN2C(=O)OC(C)(C)C)c1. The maximum atomic E-state index is 12.4. The fourth-order valence-corrected chi connectivity index (χ4v) is 2.75. The van der Waals surface area contributed by atoms with Gasteiger partial charge in [-0.25, -0.2) is 9.78 Å². The second-order valence-electron chi connectivity index (χ2n) is 7.13. The highest BCUT2D eigenvalue weighted by atomic mass is 16.6. The highest BCUT2D eigenvalue weighted by molar-refractivity contribution is 5.68. The van der Waals surface area contributed by atoms with Crippen molar-refractivity contribution in [1.82, 2.24) is 9.88 Å². The van der Waals surface area contributed by atoms with Crippen molar-refractivity contribution >= 4 is 6.09 Å². The van der Waals surface area contributed by atoms with Crippen LogP contribution in [0.4, 0.5) is 4.79 Å². The monoisotopic (exact) mass is 320 g/mol. The van der Waals surface area contributed by atoms with Gasteiger partial charge in [0.15, 0.2) is 0 Å². The molecule has 128 valence electrons. The smallest absolute Gasteiger partial charge is 0.410 e. The van der Waals surface area contributed by atoms with Crippen molar-refractivity contribution in [1.29, 1.82) is 0 Å². The molecule has 0 aromatic carbocycles. The zero-order valence-electron chi connectivity index (χ0n) is 14.7. The fraction of sp³-hybridized carbons (Fsp3) is 0.667. The highest BCUT2D eigenvalue weighted by Crippen LogP contribution is 2.22. The van der Waals surface area contributed by atoms with Crippen molar-refractivity contribution in [3.8, 4) is 5.88 Å². The topological polar surface area (TPSA) is 51.7 Å². The van der Waals surface area contributed by atoms with E-state index in [1.54, 1.807) is 6.20 Å². The van der Waals surface area contributed by atoms with Crippen LogP contribution in [-0.2, 0) is 4.74 Å². The first-order valence-corrected chi connectivity index (χ1v) is 8.40. The van der Waals surface area contributed by atoms with E-state index < -0.39 is 5.60 Å². The minimum Gasteiger partial charge on any atom is -0.478 e. The lowest BCUT2D eigenvalue weighted by Crippen LogP contribution is -2.46. The molecule has 0 radical (unpaired) electrons. The quantitative estimate of drug-likeness (QED) is 0.843. The van der Waals surface area contributed by atoms with Crippen LogP contribution < -0.4 is 4.74 Å². The van der Waals surface area contributed by atoms with Gasteiger partial charge in [-0.05, 0) is 58.6 Å². The summed E-state index contributed by atoms with van der Waals surface area (Å²) in [5.74, 6) is 0.643. The number of piperidine rings is 1. The number of ether oxygens (including phenoxy) is 2. The summed E-state index contributed by atoms with van der Waals surface area (Å²) >= 11 is 0. The molecule has 5 heteroatoms. The molecule has 0 bridgehead atoms. The van der Waals surface area contributed by atoms with E-state index in [0.29, 0.717) is 12.5 Å². The van der Waals surface area contributed by atoms with Crippen molar-refractivity contribution in [3.63, 3.8) is 0 Å². The first-order valence-electron chi connectivity index (χ1n) is 8.40. The Kier molecular flexibility index (Phi) is 5.85. The van der Waals surface area contributed by atoms with Crippen LogP contribution in [0, 0.1) is 6.92 Å². The molecule has 1 aliphatic rings. The standard InChI is InChI=1S/C18H28N2O3/c1-14-8-10-19-16(13-14)22-12-9-15-7-5-6-11-20(15)17(21)23-18(2,3)4/h8,10,13,15H,5-7,9,11-12H2,1-4H3/t15-/m1/s1. The summed E-state index contributed by atoms with van der Waals surface area (Å²) in [6.07, 6.45) is 5.52. The van der Waals surface area contributed by atoms with E-state index in [0.717, 1.165) is 37.8 Å². The largest absolute Gasteiger partial charge is 0.478 e. The predicted molar refractivity (Wildman–Crippen MR) is 89.7 cm³/mol. The van der Waals surface area contributed by atoms with Crippen LogP contribution in [0.5, 0.6) is 5.88 Å². The average molecular weight is 320 g/mol. The van der Waals surface area contributed by atoms with Crippen LogP contribution in [0.2, 0.25) is 0 Å². The second kappa shape index (κ2) is 7.66. The molecule has 1 aromatic heterocycles. The van der Waals surface area contributed by atoms with Crippen molar-refractivity contribution in [2.24, 2.45) is 0 Å². The summed E-state index contributed by atoms with van der Waals surface area (Å²) in [6.45, 7) is 9.03. The Hall–Kier alpha value is -1.78. The Balaban J connectivity index is 1.87. The number of aromatic nitrogens is 1. The Bertz CT molecular complexity index is 525. The maximum absolute atomic E-state index is 12.4. The molecule has 2 heterocycles. The van der Waals surface area contributed by atoms with Gasteiger partial charge in [-0.2, -0.15) is 0 Å². The third kappa shape index (κ3) is 5.73. The summed E-state index contributed by atoms with van der Waals surface area (Å²) in [6, 6.07) is 4.05. The van der Waals surface area contributed by atoms with Crippen LogP contribution in [0.15, 0.2) is 18.3 Å². The van der Waals surface area contributed by atoms with Crippen molar-refractivity contribution in [2.75, 3.05) is 13.2 Å². The average Bonchev–Trinajstić information content (AvgIpc) is 2.46. The molecule has 0 N–H and O–H groups in total. The fourth-order valence-electron chi connectivity index (χ4n) is 2.75. The van der Waals surface area contributed by atoms with Crippen molar-refractivity contribution in [2.45, 2.75) is 65.0 Å². The van der Waals surface area contributed by atoms with Gasteiger partial charge < -0.3 is 14.4 Å². The first kappa shape index (κ1) is 17.6. The van der Waals surface area contributed by atoms with Gasteiger partial charge in [0.05, 0.1) is 6.61 Å². The number of carbonyl (C=O) groups is 1. The van der Waals surface area contributed by atoms with Gasteiger partial charge >= 0.3 is 6.09 Å². The number of pyridine rings is 1. The summed E-state index contributed by atoms with van der Waals surface area (Å²) < 4.78 is 11.3. The molecule has 1 fully saturated rings. The van der Waals surface area contributed by atoms with E-state index in [4.69, 9.17) is 9.47 Å². The Morgan fingerprint density at radius 2 is 2.17 bits per heavy atom. The number of carbonyl (C=O) groups excluding carboxylic acids is 1.